The quantitative estimate of drug-likeness (QED) is 0.859. The Morgan fingerprint density at radius 2 is 2.00 bits per heavy atom. The summed E-state index contributed by atoms with van der Waals surface area (Å²) in [6.45, 7) is -1.69. The normalized spacial score (nSPS) is 12.7. The molecular weight excluding hydrogens is 327 g/mol. The molecule has 0 fully saturated rings. The van der Waals surface area contributed by atoms with Gasteiger partial charge in [0.2, 0.25) is 0 Å². The molecule has 0 saturated carbocycles. The largest absolute Gasteiger partial charge is 0.413 e. The van der Waals surface area contributed by atoms with Gasteiger partial charge in [-0.25, -0.2) is 8.42 Å². The Balaban J connectivity index is 2.70. The molecule has 0 aliphatic carbocycles. The molecule has 0 spiro atoms. The Bertz CT molecular complexity index is 489. The van der Waals surface area contributed by atoms with Gasteiger partial charge in [-0.3, -0.25) is 4.84 Å². The summed E-state index contributed by atoms with van der Waals surface area (Å²) in [4.78, 5) is 5.07. The van der Waals surface area contributed by atoms with Crippen molar-refractivity contribution in [2.45, 2.75) is 11.1 Å². The van der Waals surface area contributed by atoms with E-state index < -0.39 is 22.8 Å². The smallest absolute Gasteiger partial charge is 0.277 e. The predicted molar refractivity (Wildman–Crippen MR) is 56.5 cm³/mol. The van der Waals surface area contributed by atoms with Crippen molar-refractivity contribution in [3.63, 3.8) is 0 Å². The molecule has 1 aromatic carbocycles. The first-order valence-corrected chi connectivity index (χ1v) is 6.44. The Hall–Kier alpha value is -0.640. The highest BCUT2D eigenvalue weighted by molar-refractivity contribution is 9.10. The van der Waals surface area contributed by atoms with Crippen molar-refractivity contribution in [1.82, 2.24) is 4.89 Å². The maximum Gasteiger partial charge on any atom is 0.413 e. The first-order valence-electron chi connectivity index (χ1n) is 4.17. The van der Waals surface area contributed by atoms with Crippen LogP contribution in [0.5, 0.6) is 0 Å². The lowest BCUT2D eigenvalue weighted by molar-refractivity contribution is -0.181. The van der Waals surface area contributed by atoms with Gasteiger partial charge in [0, 0.05) is 4.47 Å². The summed E-state index contributed by atoms with van der Waals surface area (Å²) in [5.41, 5.74) is 0. The zero-order valence-electron chi connectivity index (χ0n) is 8.16. The molecule has 0 aromatic heterocycles. The van der Waals surface area contributed by atoms with Crippen LogP contribution in [0.15, 0.2) is 33.6 Å². The van der Waals surface area contributed by atoms with E-state index in [1.807, 2.05) is 0 Å². The molecular formula is C8H7BrF3NO3S. The summed E-state index contributed by atoms with van der Waals surface area (Å²) in [7, 11) is -4.11. The molecule has 4 nitrogen and oxygen atoms in total. The Morgan fingerprint density at radius 3 is 2.53 bits per heavy atom. The van der Waals surface area contributed by atoms with Crippen LogP contribution in [0.4, 0.5) is 13.2 Å². The number of hydrogen-bond acceptors (Lipinski definition) is 3. The van der Waals surface area contributed by atoms with Gasteiger partial charge in [0.1, 0.15) is 0 Å². The molecule has 17 heavy (non-hydrogen) atoms. The maximum atomic E-state index is 11.7. The number of rotatable bonds is 4. The average Bonchev–Trinajstić information content (AvgIpc) is 2.15. The molecule has 0 atom stereocenters. The Labute approximate surface area is 104 Å². The molecule has 0 aliphatic rings. The lowest BCUT2D eigenvalue weighted by Crippen LogP contribution is -2.29. The summed E-state index contributed by atoms with van der Waals surface area (Å²) in [5.74, 6) is 0. The number of benzene rings is 1. The minimum Gasteiger partial charge on any atom is -0.277 e. The lowest BCUT2D eigenvalue weighted by atomic mass is 10.4. The third-order valence-corrected chi connectivity index (χ3v) is 3.22. The van der Waals surface area contributed by atoms with Gasteiger partial charge in [0.05, 0.1) is 4.90 Å². The summed E-state index contributed by atoms with van der Waals surface area (Å²) in [5, 5.41) is 0. The maximum absolute atomic E-state index is 11.7. The van der Waals surface area contributed by atoms with Crippen molar-refractivity contribution in [3.05, 3.63) is 28.7 Å². The molecule has 0 amide bonds. The van der Waals surface area contributed by atoms with E-state index in [4.69, 9.17) is 0 Å². The molecule has 1 rings (SSSR count). The number of nitrogens with one attached hydrogen (secondary N) is 1. The highest BCUT2D eigenvalue weighted by atomic mass is 79.9. The van der Waals surface area contributed by atoms with Crippen molar-refractivity contribution < 1.29 is 26.4 Å². The zero-order chi connectivity index (χ0) is 13.1. The van der Waals surface area contributed by atoms with Gasteiger partial charge >= 0.3 is 6.18 Å². The molecule has 0 heterocycles. The lowest BCUT2D eigenvalue weighted by Gasteiger charge is -2.09. The van der Waals surface area contributed by atoms with Crippen molar-refractivity contribution in [1.29, 1.82) is 0 Å². The second-order valence-corrected chi connectivity index (χ2v) is 5.51. The average molecular weight is 334 g/mol. The third-order valence-electron chi connectivity index (χ3n) is 1.51. The van der Waals surface area contributed by atoms with Crippen molar-refractivity contribution >= 4 is 26.0 Å². The first-order chi connectivity index (χ1) is 7.71. The van der Waals surface area contributed by atoms with Crippen LogP contribution in [0.2, 0.25) is 0 Å². The Kier molecular flexibility index (Phi) is 4.53. The van der Waals surface area contributed by atoms with Crippen LogP contribution < -0.4 is 4.89 Å². The van der Waals surface area contributed by atoms with Gasteiger partial charge in [-0.1, -0.05) is 26.9 Å². The molecule has 96 valence electrons. The molecule has 0 unspecified atom stereocenters. The topological polar surface area (TPSA) is 55.4 Å². The molecule has 0 bridgehead atoms. The fourth-order valence-electron chi connectivity index (χ4n) is 0.871. The summed E-state index contributed by atoms with van der Waals surface area (Å²) < 4.78 is 58.6. The highest BCUT2D eigenvalue weighted by Gasteiger charge is 2.29. The van der Waals surface area contributed by atoms with E-state index >= 15 is 0 Å². The second kappa shape index (κ2) is 5.34. The van der Waals surface area contributed by atoms with Gasteiger partial charge in [-0.2, -0.15) is 13.2 Å². The molecule has 1 N–H and O–H groups in total. The van der Waals surface area contributed by atoms with Crippen molar-refractivity contribution in [2.24, 2.45) is 0 Å². The van der Waals surface area contributed by atoms with Gasteiger partial charge in [-0.15, -0.1) is 0 Å². The third kappa shape index (κ3) is 5.02. The van der Waals surface area contributed by atoms with Gasteiger partial charge in [0.25, 0.3) is 10.0 Å². The summed E-state index contributed by atoms with van der Waals surface area (Å²) in [6.07, 6.45) is -4.60. The molecule has 1 aromatic rings. The molecule has 0 radical (unpaired) electrons. The minimum atomic E-state index is -4.60. The van der Waals surface area contributed by atoms with Crippen molar-refractivity contribution in [3.8, 4) is 0 Å². The van der Waals surface area contributed by atoms with Gasteiger partial charge in [-0.05, 0) is 18.2 Å². The summed E-state index contributed by atoms with van der Waals surface area (Å²) >= 11 is 3.04. The first kappa shape index (κ1) is 14.4. The van der Waals surface area contributed by atoms with Crippen LogP contribution in [0, 0.1) is 0 Å². The number of sulfonamides is 1. The van der Waals surface area contributed by atoms with Crippen LogP contribution in [0.25, 0.3) is 0 Å². The van der Waals surface area contributed by atoms with E-state index in [1.54, 1.807) is 6.07 Å². The fourth-order valence-corrected chi connectivity index (χ4v) is 2.27. The zero-order valence-corrected chi connectivity index (χ0v) is 10.6. The SMILES string of the molecule is O=S(=O)(NOCC(F)(F)F)c1cccc(Br)c1. The molecule has 9 heteroatoms. The molecule has 0 aliphatic heterocycles. The Morgan fingerprint density at radius 1 is 1.35 bits per heavy atom. The highest BCUT2D eigenvalue weighted by Crippen LogP contribution is 2.17. The van der Waals surface area contributed by atoms with E-state index in [9.17, 15) is 21.6 Å². The summed E-state index contributed by atoms with van der Waals surface area (Å²) in [6, 6.07) is 5.47. The van der Waals surface area contributed by atoms with E-state index in [0.717, 1.165) is 0 Å². The second-order valence-electron chi connectivity index (χ2n) is 2.95. The van der Waals surface area contributed by atoms with E-state index in [2.05, 4.69) is 20.8 Å². The molecule has 0 saturated heterocycles. The number of hydrogen-bond donors (Lipinski definition) is 1. The van der Waals surface area contributed by atoms with Crippen LogP contribution in [-0.4, -0.2) is 21.2 Å². The monoisotopic (exact) mass is 333 g/mol. The van der Waals surface area contributed by atoms with Crippen LogP contribution >= 0.6 is 15.9 Å². The number of alkyl halides is 3. The van der Waals surface area contributed by atoms with E-state index in [1.165, 1.54) is 23.1 Å². The number of halogens is 4. The van der Waals surface area contributed by atoms with E-state index in [-0.39, 0.29) is 4.90 Å². The van der Waals surface area contributed by atoms with Crippen molar-refractivity contribution in [2.75, 3.05) is 6.61 Å². The minimum absolute atomic E-state index is 0.200. The standard InChI is InChI=1S/C8H7BrF3NO3S/c9-6-2-1-3-7(4-6)17(14,15)13-16-5-8(10,11)12/h1-4,13H,5H2. The predicted octanol–water partition coefficient (Wildman–Crippen LogP) is 2.22. The van der Waals surface area contributed by atoms with Gasteiger partial charge in [0.15, 0.2) is 6.61 Å². The van der Waals surface area contributed by atoms with Gasteiger partial charge < -0.3 is 0 Å². The van der Waals surface area contributed by atoms with Crippen LogP contribution in [0.1, 0.15) is 0 Å². The fraction of sp³-hybridized carbons (Fsp3) is 0.250. The van der Waals surface area contributed by atoms with E-state index in [0.29, 0.717) is 4.47 Å². The van der Waals surface area contributed by atoms with Crippen LogP contribution in [0.3, 0.4) is 0 Å². The van der Waals surface area contributed by atoms with Crippen LogP contribution in [-0.2, 0) is 14.9 Å².